The molecule has 0 unspecified atom stereocenters. The van der Waals surface area contributed by atoms with Crippen molar-refractivity contribution in [2.75, 3.05) is 0 Å². The number of rotatable bonds is 2. The van der Waals surface area contributed by atoms with Crippen LogP contribution < -0.4 is 5.56 Å². The lowest BCUT2D eigenvalue weighted by Crippen LogP contribution is -2.10. The zero-order valence-electron chi connectivity index (χ0n) is 7.56. The maximum atomic E-state index is 11.5. The molecule has 0 atom stereocenters. The number of carboxylic acid groups (broad SMARTS) is 1. The third-order valence-electron chi connectivity index (χ3n) is 1.94. The van der Waals surface area contributed by atoms with Gasteiger partial charge >= 0.3 is 5.97 Å². The second-order valence-corrected chi connectivity index (χ2v) is 3.86. The van der Waals surface area contributed by atoms with Gasteiger partial charge in [0.15, 0.2) is 0 Å². The Morgan fingerprint density at radius 3 is 2.87 bits per heavy atom. The second kappa shape index (κ2) is 3.70. The van der Waals surface area contributed by atoms with E-state index in [0.717, 1.165) is 4.88 Å². The zero-order chi connectivity index (χ0) is 10.8. The van der Waals surface area contributed by atoms with Gasteiger partial charge in [0.2, 0.25) is 0 Å². The first-order valence-corrected chi connectivity index (χ1v) is 5.06. The minimum absolute atomic E-state index is 0.0815. The molecule has 0 radical (unpaired) electrons. The number of hydrogen-bond donors (Lipinski definition) is 2. The molecule has 0 aliphatic heterocycles. The van der Waals surface area contributed by atoms with Gasteiger partial charge in [0.25, 0.3) is 5.56 Å². The topological polar surface area (TPSA) is 70.2 Å². The molecule has 0 amide bonds. The van der Waals surface area contributed by atoms with Gasteiger partial charge in [-0.05, 0) is 17.5 Å². The normalized spacial score (nSPS) is 10.1. The van der Waals surface area contributed by atoms with Gasteiger partial charge in [0.1, 0.15) is 0 Å². The highest BCUT2D eigenvalue weighted by Crippen LogP contribution is 2.21. The molecule has 15 heavy (non-hydrogen) atoms. The van der Waals surface area contributed by atoms with Crippen molar-refractivity contribution < 1.29 is 9.90 Å². The summed E-state index contributed by atoms with van der Waals surface area (Å²) >= 11 is 1.40. The standard InChI is InChI=1S/C10H7NO3S/c12-9-7(8-2-1-3-15-8)4-6(5-11-9)10(13)14/h1-5H,(H,11,12)(H,13,14). The number of nitrogens with one attached hydrogen (secondary N) is 1. The molecule has 0 fully saturated rings. The number of hydrogen-bond acceptors (Lipinski definition) is 3. The van der Waals surface area contributed by atoms with E-state index in [0.29, 0.717) is 5.56 Å². The quantitative estimate of drug-likeness (QED) is 0.812. The van der Waals surface area contributed by atoms with Crippen molar-refractivity contribution in [2.45, 2.75) is 0 Å². The van der Waals surface area contributed by atoms with Gasteiger partial charge in [-0.15, -0.1) is 11.3 Å². The van der Waals surface area contributed by atoms with Gasteiger partial charge in [-0.3, -0.25) is 4.79 Å². The van der Waals surface area contributed by atoms with Crippen molar-refractivity contribution in [3.8, 4) is 10.4 Å². The summed E-state index contributed by atoms with van der Waals surface area (Å²) in [6.45, 7) is 0. The van der Waals surface area contributed by atoms with E-state index in [9.17, 15) is 9.59 Å². The highest BCUT2D eigenvalue weighted by molar-refractivity contribution is 7.13. The predicted octanol–water partition coefficient (Wildman–Crippen LogP) is 1.80. The fraction of sp³-hybridized carbons (Fsp3) is 0. The summed E-state index contributed by atoms with van der Waals surface area (Å²) in [6, 6.07) is 4.97. The van der Waals surface area contributed by atoms with Crippen molar-refractivity contribution in [3.63, 3.8) is 0 Å². The molecule has 2 aromatic heterocycles. The third kappa shape index (κ3) is 1.82. The van der Waals surface area contributed by atoms with E-state index in [-0.39, 0.29) is 11.1 Å². The molecule has 2 aromatic rings. The maximum Gasteiger partial charge on any atom is 0.337 e. The van der Waals surface area contributed by atoms with E-state index in [1.807, 2.05) is 11.4 Å². The largest absolute Gasteiger partial charge is 0.478 e. The van der Waals surface area contributed by atoms with Crippen LogP contribution in [0.5, 0.6) is 0 Å². The van der Waals surface area contributed by atoms with Crippen LogP contribution in [0.15, 0.2) is 34.6 Å². The van der Waals surface area contributed by atoms with E-state index in [1.165, 1.54) is 23.6 Å². The van der Waals surface area contributed by atoms with Crippen molar-refractivity contribution in [3.05, 3.63) is 45.7 Å². The Morgan fingerprint density at radius 1 is 1.47 bits per heavy atom. The van der Waals surface area contributed by atoms with E-state index in [2.05, 4.69) is 4.98 Å². The monoisotopic (exact) mass is 221 g/mol. The summed E-state index contributed by atoms with van der Waals surface area (Å²) in [6.07, 6.45) is 1.20. The first kappa shape index (κ1) is 9.67. The van der Waals surface area contributed by atoms with E-state index >= 15 is 0 Å². The molecule has 5 heteroatoms. The first-order chi connectivity index (χ1) is 7.18. The predicted molar refractivity (Wildman–Crippen MR) is 57.3 cm³/mol. The summed E-state index contributed by atoms with van der Waals surface area (Å²) in [7, 11) is 0. The van der Waals surface area contributed by atoms with Crippen LogP contribution in [0.25, 0.3) is 10.4 Å². The number of pyridine rings is 1. The molecule has 0 bridgehead atoms. The molecule has 76 valence electrons. The number of thiophene rings is 1. The highest BCUT2D eigenvalue weighted by atomic mass is 32.1. The molecule has 0 aliphatic rings. The highest BCUT2D eigenvalue weighted by Gasteiger charge is 2.09. The van der Waals surface area contributed by atoms with E-state index in [1.54, 1.807) is 6.07 Å². The van der Waals surface area contributed by atoms with Gasteiger partial charge in [0.05, 0.1) is 11.1 Å². The number of H-pyrrole nitrogens is 1. The Labute approximate surface area is 88.8 Å². The Kier molecular flexibility index (Phi) is 2.39. The summed E-state index contributed by atoms with van der Waals surface area (Å²) in [5.41, 5.74) is 0.199. The lowest BCUT2D eigenvalue weighted by atomic mass is 10.2. The van der Waals surface area contributed by atoms with Gasteiger partial charge in [0, 0.05) is 11.1 Å². The minimum atomic E-state index is -1.05. The van der Waals surface area contributed by atoms with Crippen LogP contribution in [0.3, 0.4) is 0 Å². The van der Waals surface area contributed by atoms with Crippen LogP contribution in [0.4, 0.5) is 0 Å². The Balaban J connectivity index is 2.61. The number of carboxylic acids is 1. The number of carbonyl (C=O) groups is 1. The average Bonchev–Trinajstić information content (AvgIpc) is 2.71. The summed E-state index contributed by atoms with van der Waals surface area (Å²) in [5.74, 6) is -1.05. The molecule has 4 nitrogen and oxygen atoms in total. The fourth-order valence-corrected chi connectivity index (χ4v) is 1.96. The molecule has 2 heterocycles. The fourth-order valence-electron chi connectivity index (χ4n) is 1.22. The minimum Gasteiger partial charge on any atom is -0.478 e. The second-order valence-electron chi connectivity index (χ2n) is 2.91. The van der Waals surface area contributed by atoms with Gasteiger partial charge in [-0.1, -0.05) is 6.07 Å². The number of aromatic amines is 1. The lowest BCUT2D eigenvalue weighted by molar-refractivity contribution is 0.0696. The molecule has 0 aromatic carbocycles. The lowest BCUT2D eigenvalue weighted by Gasteiger charge is -1.98. The van der Waals surface area contributed by atoms with Crippen LogP contribution in [-0.2, 0) is 0 Å². The summed E-state index contributed by atoms with van der Waals surface area (Å²) in [4.78, 5) is 25.3. The molecule has 0 aliphatic carbocycles. The van der Waals surface area contributed by atoms with Crippen LogP contribution >= 0.6 is 11.3 Å². The molecular formula is C10H7NO3S. The summed E-state index contributed by atoms with van der Waals surface area (Å²) < 4.78 is 0. The van der Waals surface area contributed by atoms with Crippen LogP contribution in [-0.4, -0.2) is 16.1 Å². The first-order valence-electron chi connectivity index (χ1n) is 4.18. The Morgan fingerprint density at radius 2 is 2.27 bits per heavy atom. The SMILES string of the molecule is O=C(O)c1c[nH]c(=O)c(-c2cccs2)c1. The van der Waals surface area contributed by atoms with Crippen LogP contribution in [0, 0.1) is 0 Å². The Bertz CT molecular complexity index is 542. The van der Waals surface area contributed by atoms with Gasteiger partial charge in [-0.25, -0.2) is 4.79 Å². The smallest absolute Gasteiger partial charge is 0.337 e. The van der Waals surface area contributed by atoms with Crippen molar-refractivity contribution in [1.82, 2.24) is 4.98 Å². The Hall–Kier alpha value is -1.88. The molecular weight excluding hydrogens is 214 g/mol. The van der Waals surface area contributed by atoms with E-state index in [4.69, 9.17) is 5.11 Å². The molecule has 0 spiro atoms. The van der Waals surface area contributed by atoms with Crippen LogP contribution in [0.1, 0.15) is 10.4 Å². The average molecular weight is 221 g/mol. The molecule has 2 N–H and O–H groups in total. The van der Waals surface area contributed by atoms with Gasteiger partial charge in [-0.2, -0.15) is 0 Å². The zero-order valence-corrected chi connectivity index (χ0v) is 8.38. The maximum absolute atomic E-state index is 11.5. The molecule has 0 saturated carbocycles. The molecule has 2 rings (SSSR count). The number of aromatic carboxylic acids is 1. The van der Waals surface area contributed by atoms with E-state index < -0.39 is 5.97 Å². The van der Waals surface area contributed by atoms with Crippen molar-refractivity contribution >= 4 is 17.3 Å². The third-order valence-corrected chi connectivity index (χ3v) is 2.84. The summed E-state index contributed by atoms with van der Waals surface area (Å²) in [5, 5.41) is 10.6. The number of aromatic nitrogens is 1. The van der Waals surface area contributed by atoms with Crippen molar-refractivity contribution in [1.29, 1.82) is 0 Å². The van der Waals surface area contributed by atoms with Gasteiger partial charge < -0.3 is 10.1 Å². The van der Waals surface area contributed by atoms with Crippen LogP contribution in [0.2, 0.25) is 0 Å². The van der Waals surface area contributed by atoms with Crippen molar-refractivity contribution in [2.24, 2.45) is 0 Å². The molecule has 0 saturated heterocycles.